The Morgan fingerprint density at radius 1 is 1.50 bits per heavy atom. The van der Waals surface area contributed by atoms with Gasteiger partial charge in [0.1, 0.15) is 0 Å². The largest absolute Gasteiger partial charge is 0.476 e. The number of sulfonamides is 1. The Hall–Kier alpha value is -1.52. The Morgan fingerprint density at radius 3 is 2.72 bits per heavy atom. The molecule has 10 heteroatoms. The van der Waals surface area contributed by atoms with Gasteiger partial charge >= 0.3 is 5.97 Å². The first kappa shape index (κ1) is 14.5. The minimum absolute atomic E-state index is 0.0308. The SMILES string of the molecule is CNC(=O)CCNS(=O)(=O)c1scnc1C(=O)O. The highest BCUT2D eigenvalue weighted by atomic mass is 32.2. The number of amides is 1. The Labute approximate surface area is 107 Å². The third kappa shape index (κ3) is 3.48. The van der Waals surface area contributed by atoms with E-state index in [1.54, 1.807) is 0 Å². The van der Waals surface area contributed by atoms with Gasteiger partial charge in [-0.05, 0) is 0 Å². The van der Waals surface area contributed by atoms with Gasteiger partial charge in [0.25, 0.3) is 10.0 Å². The first-order valence-corrected chi connectivity index (χ1v) is 7.11. The molecule has 0 spiro atoms. The number of carbonyl (C=O) groups is 2. The lowest BCUT2D eigenvalue weighted by atomic mass is 10.4. The van der Waals surface area contributed by atoms with E-state index >= 15 is 0 Å². The topological polar surface area (TPSA) is 125 Å². The van der Waals surface area contributed by atoms with Gasteiger partial charge in [0.05, 0.1) is 5.51 Å². The fourth-order valence-corrected chi connectivity index (χ4v) is 3.27. The third-order valence-corrected chi connectivity index (χ3v) is 4.74. The van der Waals surface area contributed by atoms with Gasteiger partial charge in [-0.25, -0.2) is 22.9 Å². The molecule has 0 aliphatic carbocycles. The molecular formula is C8H11N3O5S2. The molecule has 0 bridgehead atoms. The van der Waals surface area contributed by atoms with Gasteiger partial charge in [-0.15, -0.1) is 11.3 Å². The highest BCUT2D eigenvalue weighted by molar-refractivity contribution is 7.91. The maximum atomic E-state index is 11.8. The summed E-state index contributed by atoms with van der Waals surface area (Å²) in [4.78, 5) is 25.1. The monoisotopic (exact) mass is 293 g/mol. The second-order valence-electron chi connectivity index (χ2n) is 3.11. The van der Waals surface area contributed by atoms with Crippen LogP contribution in [0.5, 0.6) is 0 Å². The lowest BCUT2D eigenvalue weighted by molar-refractivity contribution is -0.120. The zero-order chi connectivity index (χ0) is 13.8. The predicted molar refractivity (Wildman–Crippen MR) is 62.9 cm³/mol. The van der Waals surface area contributed by atoms with Crippen molar-refractivity contribution in [3.8, 4) is 0 Å². The molecule has 0 unspecified atom stereocenters. The van der Waals surface area contributed by atoms with Crippen LogP contribution in [0.2, 0.25) is 0 Å². The van der Waals surface area contributed by atoms with Crippen LogP contribution >= 0.6 is 11.3 Å². The highest BCUT2D eigenvalue weighted by Gasteiger charge is 2.25. The van der Waals surface area contributed by atoms with E-state index in [1.165, 1.54) is 7.05 Å². The Kier molecular flexibility index (Phi) is 4.76. The van der Waals surface area contributed by atoms with Crippen molar-refractivity contribution in [2.24, 2.45) is 0 Å². The first-order chi connectivity index (χ1) is 8.38. The van der Waals surface area contributed by atoms with Gasteiger partial charge in [0.15, 0.2) is 9.90 Å². The normalized spacial score (nSPS) is 11.2. The number of nitrogens with zero attached hydrogens (tertiary/aromatic N) is 1. The van der Waals surface area contributed by atoms with Crippen LogP contribution in [0.1, 0.15) is 16.9 Å². The average molecular weight is 293 g/mol. The van der Waals surface area contributed by atoms with Crippen molar-refractivity contribution >= 4 is 33.2 Å². The van der Waals surface area contributed by atoms with Crippen molar-refractivity contribution in [1.29, 1.82) is 0 Å². The number of rotatable bonds is 6. The fourth-order valence-electron chi connectivity index (χ4n) is 1.06. The predicted octanol–water partition coefficient (Wildman–Crippen LogP) is -0.744. The number of hydrogen-bond donors (Lipinski definition) is 3. The minimum Gasteiger partial charge on any atom is -0.476 e. The van der Waals surface area contributed by atoms with E-state index in [-0.39, 0.29) is 23.1 Å². The molecule has 3 N–H and O–H groups in total. The number of hydrogen-bond acceptors (Lipinski definition) is 6. The van der Waals surface area contributed by atoms with Crippen molar-refractivity contribution in [2.75, 3.05) is 13.6 Å². The van der Waals surface area contributed by atoms with E-state index in [9.17, 15) is 18.0 Å². The second-order valence-corrected chi connectivity index (χ2v) is 5.93. The number of aromatic nitrogens is 1. The molecule has 1 heterocycles. The molecule has 1 amide bonds. The molecule has 0 aromatic carbocycles. The summed E-state index contributed by atoms with van der Waals surface area (Å²) < 4.78 is 25.3. The van der Waals surface area contributed by atoms with Crippen LogP contribution in [0.25, 0.3) is 0 Å². The van der Waals surface area contributed by atoms with Gasteiger partial charge in [0.2, 0.25) is 5.91 Å². The van der Waals surface area contributed by atoms with E-state index < -0.39 is 21.7 Å². The van der Waals surface area contributed by atoms with E-state index in [0.29, 0.717) is 11.3 Å². The summed E-state index contributed by atoms with van der Waals surface area (Å²) in [6, 6.07) is 0. The maximum Gasteiger partial charge on any atom is 0.356 e. The van der Waals surface area contributed by atoms with Crippen LogP contribution in [-0.4, -0.2) is 44.0 Å². The summed E-state index contributed by atoms with van der Waals surface area (Å²) in [5.41, 5.74) is 0.615. The molecule has 18 heavy (non-hydrogen) atoms. The quantitative estimate of drug-likeness (QED) is 0.634. The average Bonchev–Trinajstić information content (AvgIpc) is 2.78. The van der Waals surface area contributed by atoms with E-state index in [0.717, 1.165) is 5.51 Å². The molecule has 1 aromatic heterocycles. The van der Waals surface area contributed by atoms with Crippen molar-refractivity contribution in [3.63, 3.8) is 0 Å². The van der Waals surface area contributed by atoms with Gasteiger partial charge in [-0.2, -0.15) is 0 Å². The summed E-state index contributed by atoms with van der Waals surface area (Å²) in [5.74, 6) is -1.73. The van der Waals surface area contributed by atoms with Crippen LogP contribution in [0.4, 0.5) is 0 Å². The van der Waals surface area contributed by atoms with E-state index in [4.69, 9.17) is 5.11 Å². The van der Waals surface area contributed by atoms with Crippen molar-refractivity contribution in [2.45, 2.75) is 10.6 Å². The van der Waals surface area contributed by atoms with Crippen molar-refractivity contribution in [3.05, 3.63) is 11.2 Å². The number of carboxylic acids is 1. The second kappa shape index (κ2) is 5.89. The number of carboxylic acid groups (broad SMARTS) is 1. The Bertz CT molecular complexity index is 551. The summed E-state index contributed by atoms with van der Waals surface area (Å²) in [6.45, 7) is -0.112. The number of carbonyl (C=O) groups excluding carboxylic acids is 1. The number of aromatic carboxylic acids is 1. The van der Waals surface area contributed by atoms with Gasteiger partial charge in [-0.3, -0.25) is 4.79 Å². The Balaban J connectivity index is 2.78. The molecule has 0 aliphatic rings. The molecule has 0 saturated carbocycles. The van der Waals surface area contributed by atoms with Crippen LogP contribution in [0, 0.1) is 0 Å². The van der Waals surface area contributed by atoms with Gasteiger partial charge in [-0.1, -0.05) is 0 Å². The standard InChI is InChI=1S/C8H11N3O5S2/c1-9-5(12)2-3-11-18(15,16)8-6(7(13)14)10-4-17-8/h4,11H,2-3H2,1H3,(H,9,12)(H,13,14). The fraction of sp³-hybridized carbons (Fsp3) is 0.375. The minimum atomic E-state index is -3.95. The molecular weight excluding hydrogens is 282 g/mol. The lowest BCUT2D eigenvalue weighted by Crippen LogP contribution is -2.29. The van der Waals surface area contributed by atoms with Crippen LogP contribution < -0.4 is 10.0 Å². The first-order valence-electron chi connectivity index (χ1n) is 4.75. The summed E-state index contributed by atoms with van der Waals surface area (Å²) in [6.07, 6.45) is -0.0308. The molecule has 8 nitrogen and oxygen atoms in total. The smallest absolute Gasteiger partial charge is 0.356 e. The molecule has 1 aromatic rings. The molecule has 0 atom stereocenters. The Morgan fingerprint density at radius 2 is 2.17 bits per heavy atom. The van der Waals surface area contributed by atoms with E-state index in [2.05, 4.69) is 15.0 Å². The summed E-state index contributed by atoms with van der Waals surface area (Å²) >= 11 is 0.706. The van der Waals surface area contributed by atoms with Gasteiger partial charge < -0.3 is 10.4 Å². The highest BCUT2D eigenvalue weighted by Crippen LogP contribution is 2.19. The summed E-state index contributed by atoms with van der Waals surface area (Å²) in [7, 11) is -2.52. The number of nitrogens with one attached hydrogen (secondary N) is 2. The van der Waals surface area contributed by atoms with Crippen LogP contribution in [0.3, 0.4) is 0 Å². The maximum absolute atomic E-state index is 11.8. The third-order valence-electron chi connectivity index (χ3n) is 1.90. The summed E-state index contributed by atoms with van der Waals surface area (Å²) in [5, 5.41) is 11.1. The lowest BCUT2D eigenvalue weighted by Gasteiger charge is -2.04. The molecule has 100 valence electrons. The van der Waals surface area contributed by atoms with Crippen LogP contribution in [0.15, 0.2) is 9.72 Å². The molecule has 0 fully saturated rings. The zero-order valence-electron chi connectivity index (χ0n) is 9.34. The van der Waals surface area contributed by atoms with Crippen LogP contribution in [-0.2, 0) is 14.8 Å². The molecule has 0 radical (unpaired) electrons. The van der Waals surface area contributed by atoms with E-state index in [1.807, 2.05) is 0 Å². The molecule has 1 rings (SSSR count). The molecule has 0 aliphatic heterocycles. The zero-order valence-corrected chi connectivity index (χ0v) is 11.0. The molecule has 0 saturated heterocycles. The number of thiazole rings is 1. The van der Waals surface area contributed by atoms with Gasteiger partial charge in [0, 0.05) is 20.0 Å². The van der Waals surface area contributed by atoms with Crippen molar-refractivity contribution < 1.29 is 23.1 Å². The van der Waals surface area contributed by atoms with Crippen molar-refractivity contribution in [1.82, 2.24) is 15.0 Å².